The number of rotatable bonds is 3. The van der Waals surface area contributed by atoms with Gasteiger partial charge < -0.3 is 9.88 Å². The van der Waals surface area contributed by atoms with Gasteiger partial charge in [0.05, 0.1) is 17.9 Å². The van der Waals surface area contributed by atoms with Crippen molar-refractivity contribution < 1.29 is 4.39 Å². The zero-order chi connectivity index (χ0) is 13.3. The van der Waals surface area contributed by atoms with Gasteiger partial charge in [0.1, 0.15) is 11.6 Å². The van der Waals surface area contributed by atoms with Crippen LogP contribution in [0.25, 0.3) is 0 Å². The number of imidazole rings is 1. The lowest BCUT2D eigenvalue weighted by molar-refractivity contribution is 0.560. The summed E-state index contributed by atoms with van der Waals surface area (Å²) in [5.74, 6) is 0.554. The molecule has 1 aromatic heterocycles. The first-order valence-electron chi connectivity index (χ1n) is 5.65. The molecule has 0 aliphatic rings. The molecule has 2 aromatic rings. The Morgan fingerprint density at radius 2 is 2.17 bits per heavy atom. The molecule has 0 saturated heterocycles. The summed E-state index contributed by atoms with van der Waals surface area (Å²) in [5, 5.41) is 3.50. The van der Waals surface area contributed by atoms with E-state index in [-0.39, 0.29) is 11.9 Å². The van der Waals surface area contributed by atoms with Crippen LogP contribution < -0.4 is 5.32 Å². The average molecular weight is 268 g/mol. The lowest BCUT2D eigenvalue weighted by Gasteiger charge is -2.19. The molecule has 0 bridgehead atoms. The van der Waals surface area contributed by atoms with E-state index >= 15 is 0 Å². The van der Waals surface area contributed by atoms with E-state index in [1.54, 1.807) is 25.4 Å². The van der Waals surface area contributed by atoms with Crippen LogP contribution >= 0.6 is 11.6 Å². The fraction of sp³-hybridized carbons (Fsp3) is 0.308. The van der Waals surface area contributed by atoms with E-state index in [2.05, 4.69) is 10.3 Å². The maximum Gasteiger partial charge on any atom is 0.129 e. The van der Waals surface area contributed by atoms with E-state index in [0.717, 1.165) is 11.5 Å². The second-order valence-electron chi connectivity index (χ2n) is 4.15. The van der Waals surface area contributed by atoms with Crippen molar-refractivity contribution in [1.82, 2.24) is 14.9 Å². The van der Waals surface area contributed by atoms with Gasteiger partial charge in [-0.15, -0.1) is 0 Å². The van der Waals surface area contributed by atoms with Crippen LogP contribution in [0.3, 0.4) is 0 Å². The van der Waals surface area contributed by atoms with E-state index in [0.29, 0.717) is 10.6 Å². The molecule has 2 rings (SSSR count). The van der Waals surface area contributed by atoms with Gasteiger partial charge in [-0.3, -0.25) is 0 Å². The van der Waals surface area contributed by atoms with E-state index in [9.17, 15) is 4.39 Å². The third kappa shape index (κ3) is 2.13. The average Bonchev–Trinajstić information content (AvgIpc) is 2.66. The number of benzene rings is 1. The highest BCUT2D eigenvalue weighted by Crippen LogP contribution is 2.30. The molecule has 1 heterocycles. The van der Waals surface area contributed by atoms with Gasteiger partial charge in [0, 0.05) is 17.6 Å². The summed E-state index contributed by atoms with van der Waals surface area (Å²) in [7, 11) is 3.67. The Kier molecular flexibility index (Phi) is 3.68. The summed E-state index contributed by atoms with van der Waals surface area (Å²) >= 11 is 6.10. The Bertz CT molecular complexity index is 545. The second-order valence-corrected chi connectivity index (χ2v) is 4.55. The fourth-order valence-electron chi connectivity index (χ4n) is 2.01. The fourth-order valence-corrected chi connectivity index (χ4v) is 2.29. The Morgan fingerprint density at radius 1 is 1.44 bits per heavy atom. The lowest BCUT2D eigenvalue weighted by Crippen LogP contribution is -2.22. The van der Waals surface area contributed by atoms with Crippen LogP contribution in [-0.4, -0.2) is 16.6 Å². The van der Waals surface area contributed by atoms with Crippen LogP contribution in [-0.2, 0) is 7.05 Å². The smallest absolute Gasteiger partial charge is 0.129 e. The maximum atomic E-state index is 14.0. The minimum Gasteiger partial charge on any atom is -0.334 e. The molecule has 0 fully saturated rings. The number of aromatic nitrogens is 2. The van der Waals surface area contributed by atoms with Crippen molar-refractivity contribution in [1.29, 1.82) is 0 Å². The molecule has 0 amide bonds. The van der Waals surface area contributed by atoms with Gasteiger partial charge in [-0.2, -0.15) is 0 Å². The zero-order valence-electron chi connectivity index (χ0n) is 10.5. The van der Waals surface area contributed by atoms with Crippen LogP contribution in [0.5, 0.6) is 0 Å². The molecule has 0 radical (unpaired) electrons. The van der Waals surface area contributed by atoms with Crippen molar-refractivity contribution >= 4 is 11.6 Å². The van der Waals surface area contributed by atoms with Crippen LogP contribution in [0.2, 0.25) is 5.02 Å². The lowest BCUT2D eigenvalue weighted by atomic mass is 10.0. The van der Waals surface area contributed by atoms with Gasteiger partial charge >= 0.3 is 0 Å². The molecule has 96 valence electrons. The largest absolute Gasteiger partial charge is 0.334 e. The predicted molar refractivity (Wildman–Crippen MR) is 70.3 cm³/mol. The minimum atomic E-state index is -0.319. The highest BCUT2D eigenvalue weighted by molar-refractivity contribution is 6.31. The van der Waals surface area contributed by atoms with Gasteiger partial charge in [-0.1, -0.05) is 17.7 Å². The van der Waals surface area contributed by atoms with Crippen molar-refractivity contribution in [2.24, 2.45) is 7.05 Å². The second kappa shape index (κ2) is 5.08. The van der Waals surface area contributed by atoms with Crippen molar-refractivity contribution in [3.8, 4) is 0 Å². The molecule has 18 heavy (non-hydrogen) atoms. The minimum absolute atomic E-state index is 0.315. The van der Waals surface area contributed by atoms with Crippen molar-refractivity contribution in [2.45, 2.75) is 13.0 Å². The number of nitrogens with one attached hydrogen (secondary N) is 1. The zero-order valence-corrected chi connectivity index (χ0v) is 11.3. The summed E-state index contributed by atoms with van der Waals surface area (Å²) < 4.78 is 15.9. The van der Waals surface area contributed by atoms with Crippen molar-refractivity contribution in [2.75, 3.05) is 7.05 Å². The summed E-state index contributed by atoms with van der Waals surface area (Å²) in [5.41, 5.74) is 1.33. The van der Waals surface area contributed by atoms with E-state index in [1.807, 2.05) is 18.5 Å². The standard InChI is InChI=1S/C13H15ClFN3/c1-8-17-7-11(18(8)3)13(16-2)12-9(14)5-4-6-10(12)15/h4-7,13,16H,1-3H3. The van der Waals surface area contributed by atoms with E-state index < -0.39 is 0 Å². The van der Waals surface area contributed by atoms with E-state index in [1.165, 1.54) is 6.07 Å². The van der Waals surface area contributed by atoms with Gasteiger partial charge in [0.2, 0.25) is 0 Å². The Morgan fingerprint density at radius 3 is 2.67 bits per heavy atom. The molecule has 1 unspecified atom stereocenters. The Hall–Kier alpha value is -1.39. The summed E-state index contributed by atoms with van der Waals surface area (Å²) in [4.78, 5) is 4.23. The molecule has 0 aliphatic heterocycles. The highest BCUT2D eigenvalue weighted by Gasteiger charge is 2.22. The third-order valence-corrected chi connectivity index (χ3v) is 3.46. The predicted octanol–water partition coefficient (Wildman–Crippen LogP) is 2.83. The first kappa shape index (κ1) is 13.1. The number of hydrogen-bond donors (Lipinski definition) is 1. The molecule has 1 aromatic carbocycles. The van der Waals surface area contributed by atoms with Crippen LogP contribution in [0.15, 0.2) is 24.4 Å². The SMILES string of the molecule is CNC(c1c(F)cccc1Cl)c1cnc(C)n1C. The number of hydrogen-bond acceptors (Lipinski definition) is 2. The van der Waals surface area contributed by atoms with Gasteiger partial charge in [0.25, 0.3) is 0 Å². The Labute approximate surface area is 111 Å². The number of halogens is 2. The molecular formula is C13H15ClFN3. The molecular weight excluding hydrogens is 253 g/mol. The molecule has 3 nitrogen and oxygen atoms in total. The third-order valence-electron chi connectivity index (χ3n) is 3.13. The van der Waals surface area contributed by atoms with Crippen LogP contribution in [0.4, 0.5) is 4.39 Å². The number of nitrogens with zero attached hydrogens (tertiary/aromatic N) is 2. The van der Waals surface area contributed by atoms with Crippen LogP contribution in [0.1, 0.15) is 23.1 Å². The van der Waals surface area contributed by atoms with Gasteiger partial charge in [-0.05, 0) is 26.1 Å². The Balaban J connectivity index is 2.56. The first-order chi connectivity index (χ1) is 8.56. The van der Waals surface area contributed by atoms with E-state index in [4.69, 9.17) is 11.6 Å². The quantitative estimate of drug-likeness (QED) is 0.927. The summed E-state index contributed by atoms with van der Waals surface area (Å²) in [6, 6.07) is 4.38. The van der Waals surface area contributed by atoms with Gasteiger partial charge in [-0.25, -0.2) is 9.37 Å². The number of aryl methyl sites for hydroxylation is 1. The highest BCUT2D eigenvalue weighted by atomic mass is 35.5. The molecule has 0 aliphatic carbocycles. The molecule has 1 atom stereocenters. The van der Waals surface area contributed by atoms with Crippen molar-refractivity contribution in [3.05, 3.63) is 52.3 Å². The normalized spacial score (nSPS) is 12.7. The first-order valence-corrected chi connectivity index (χ1v) is 6.03. The molecule has 5 heteroatoms. The summed E-state index contributed by atoms with van der Waals surface area (Å²) in [6.45, 7) is 1.90. The monoisotopic (exact) mass is 267 g/mol. The topological polar surface area (TPSA) is 29.9 Å². The van der Waals surface area contributed by atoms with Gasteiger partial charge in [0.15, 0.2) is 0 Å². The summed E-state index contributed by atoms with van der Waals surface area (Å²) in [6.07, 6.45) is 1.74. The van der Waals surface area contributed by atoms with Crippen LogP contribution in [0, 0.1) is 12.7 Å². The maximum absolute atomic E-state index is 14.0. The van der Waals surface area contributed by atoms with Crippen molar-refractivity contribution in [3.63, 3.8) is 0 Å². The molecule has 0 spiro atoms. The molecule has 1 N–H and O–H groups in total. The molecule has 0 saturated carbocycles.